The highest BCUT2D eigenvalue weighted by molar-refractivity contribution is 7.86. The van der Waals surface area contributed by atoms with Crippen LogP contribution in [0.1, 0.15) is 45.4 Å². The molecule has 2 saturated carbocycles. The summed E-state index contributed by atoms with van der Waals surface area (Å²) < 4.78 is 29.7. The molecule has 150 valence electrons. The Balaban J connectivity index is 1.66. The monoisotopic (exact) mass is 388 g/mol. The largest absolute Gasteiger partial charge is 0.451 e. The summed E-state index contributed by atoms with van der Waals surface area (Å²) in [6.07, 6.45) is 5.51. The topological polar surface area (TPSA) is 133 Å². The second-order valence-corrected chi connectivity index (χ2v) is 10.9. The fourth-order valence-corrected chi connectivity index (χ4v) is 5.79. The van der Waals surface area contributed by atoms with E-state index < -0.39 is 22.9 Å². The molecule has 0 spiro atoms. The third kappa shape index (κ3) is 4.98. The van der Waals surface area contributed by atoms with E-state index in [0.29, 0.717) is 44.9 Å². The van der Waals surface area contributed by atoms with E-state index in [4.69, 9.17) is 21.5 Å². The van der Waals surface area contributed by atoms with Crippen LogP contribution >= 0.6 is 0 Å². The summed E-state index contributed by atoms with van der Waals surface area (Å²) in [5, 5.41) is 18.0. The molecule has 3 rings (SSSR count). The van der Waals surface area contributed by atoms with E-state index >= 15 is 0 Å². The molecule has 6 N–H and O–H groups in total. The van der Waals surface area contributed by atoms with Gasteiger partial charge in [0.05, 0.1) is 0 Å². The van der Waals surface area contributed by atoms with Crippen LogP contribution in [-0.4, -0.2) is 71.5 Å². The molecular weight excluding hydrogens is 355 g/mol. The Morgan fingerprint density at radius 2 is 1.92 bits per heavy atom. The van der Waals surface area contributed by atoms with Crippen LogP contribution in [0.15, 0.2) is 0 Å². The number of nitrogens with zero attached hydrogens (tertiary/aromatic N) is 2. The van der Waals surface area contributed by atoms with Gasteiger partial charge in [-0.05, 0) is 57.2 Å². The first-order valence-corrected chi connectivity index (χ1v) is 11.1. The quantitative estimate of drug-likeness (QED) is 0.367. The molecule has 1 aliphatic heterocycles. The lowest BCUT2D eigenvalue weighted by atomic mass is 9.79. The van der Waals surface area contributed by atoms with Crippen molar-refractivity contribution in [3.05, 3.63) is 0 Å². The van der Waals surface area contributed by atoms with Gasteiger partial charge >= 0.3 is 7.12 Å². The molecule has 1 saturated heterocycles. The highest BCUT2D eigenvalue weighted by Crippen LogP contribution is 2.38. The molecule has 2 aliphatic carbocycles. The molecule has 2 atom stereocenters. The molecule has 10 heteroatoms. The zero-order valence-electron chi connectivity index (χ0n) is 15.7. The van der Waals surface area contributed by atoms with Crippen LogP contribution in [-0.2, 0) is 10.2 Å². The number of hydrogen-bond acceptors (Lipinski definition) is 6. The van der Waals surface area contributed by atoms with Crippen molar-refractivity contribution < 1.29 is 18.5 Å². The summed E-state index contributed by atoms with van der Waals surface area (Å²) in [5.74, 6) is 0.465. The molecule has 0 amide bonds. The first-order chi connectivity index (χ1) is 12.0. The minimum atomic E-state index is -3.59. The fourth-order valence-electron chi connectivity index (χ4n) is 3.83. The molecule has 0 bridgehead atoms. The van der Waals surface area contributed by atoms with Crippen LogP contribution < -0.4 is 11.5 Å². The summed E-state index contributed by atoms with van der Waals surface area (Å²) in [6, 6.07) is 0. The average Bonchev–Trinajstić information content (AvgIpc) is 3.43. The minimum absolute atomic E-state index is 0.00608. The van der Waals surface area contributed by atoms with Gasteiger partial charge in [-0.3, -0.25) is 0 Å². The second-order valence-electron chi connectivity index (χ2n) is 9.01. The van der Waals surface area contributed by atoms with Gasteiger partial charge in [-0.15, -0.1) is 0 Å². The SMILES string of the molecule is C[C@]1(N)CN(S(=O)(=O)N(CC2CC2)CC2(N)CC2)C[C@@H]1CCCB(O)O. The lowest BCUT2D eigenvalue weighted by molar-refractivity contribution is 0.323. The Hall–Kier alpha value is -0.225. The maximum atomic E-state index is 13.3. The van der Waals surface area contributed by atoms with Gasteiger partial charge in [0.25, 0.3) is 10.2 Å². The van der Waals surface area contributed by atoms with Crippen LogP contribution in [0.4, 0.5) is 0 Å². The normalized spacial score (nSPS) is 31.5. The highest BCUT2D eigenvalue weighted by Gasteiger charge is 2.49. The van der Waals surface area contributed by atoms with E-state index in [0.717, 1.165) is 25.7 Å². The molecule has 0 aromatic rings. The van der Waals surface area contributed by atoms with Gasteiger partial charge in [0.15, 0.2) is 0 Å². The average molecular weight is 388 g/mol. The second kappa shape index (κ2) is 7.31. The molecular formula is C16H33BN4O4S. The number of hydrogen-bond donors (Lipinski definition) is 4. The number of nitrogens with two attached hydrogens (primary N) is 2. The van der Waals surface area contributed by atoms with Crippen LogP contribution in [0.25, 0.3) is 0 Å². The Morgan fingerprint density at radius 3 is 2.46 bits per heavy atom. The van der Waals surface area contributed by atoms with Crippen molar-refractivity contribution in [2.75, 3.05) is 26.2 Å². The summed E-state index contributed by atoms with van der Waals surface area (Å²) in [7, 11) is -4.91. The number of rotatable bonds is 10. The van der Waals surface area contributed by atoms with Gasteiger partial charge in [0.1, 0.15) is 0 Å². The van der Waals surface area contributed by atoms with Crippen molar-refractivity contribution in [1.29, 1.82) is 0 Å². The zero-order valence-corrected chi connectivity index (χ0v) is 16.5. The predicted octanol–water partition coefficient (Wildman–Crippen LogP) is -0.663. The molecule has 0 radical (unpaired) electrons. The standard InChI is InChI=1S/C16H33BN4O4S/c1-15(18)11-21(10-14(15)3-2-8-17(22)23)26(24,25)20(9-13-4-5-13)12-16(19)6-7-16/h13-14,22-23H,2-12,18-19H2,1H3/t14-,15-/m0/s1. The minimum Gasteiger partial charge on any atom is -0.427 e. The van der Waals surface area contributed by atoms with Crippen molar-refractivity contribution in [2.24, 2.45) is 23.3 Å². The highest BCUT2D eigenvalue weighted by atomic mass is 32.2. The predicted molar refractivity (Wildman–Crippen MR) is 101 cm³/mol. The third-order valence-electron chi connectivity index (χ3n) is 6.08. The summed E-state index contributed by atoms with van der Waals surface area (Å²) >= 11 is 0. The van der Waals surface area contributed by atoms with Crippen molar-refractivity contribution in [3.63, 3.8) is 0 Å². The first-order valence-electron chi connectivity index (χ1n) is 9.71. The lowest BCUT2D eigenvalue weighted by Gasteiger charge is -2.30. The van der Waals surface area contributed by atoms with Crippen LogP contribution in [0.5, 0.6) is 0 Å². The fraction of sp³-hybridized carbons (Fsp3) is 1.00. The molecule has 0 unspecified atom stereocenters. The van der Waals surface area contributed by atoms with Gasteiger partial charge in [-0.2, -0.15) is 17.0 Å². The zero-order chi connectivity index (χ0) is 19.2. The van der Waals surface area contributed by atoms with E-state index in [1.54, 1.807) is 4.31 Å². The van der Waals surface area contributed by atoms with Crippen molar-refractivity contribution in [3.8, 4) is 0 Å². The van der Waals surface area contributed by atoms with Gasteiger partial charge in [0, 0.05) is 37.3 Å². The molecule has 1 heterocycles. The van der Waals surface area contributed by atoms with Gasteiger partial charge in [0.2, 0.25) is 0 Å². The maximum absolute atomic E-state index is 13.3. The molecule has 26 heavy (non-hydrogen) atoms. The van der Waals surface area contributed by atoms with Crippen molar-refractivity contribution >= 4 is 17.3 Å². The van der Waals surface area contributed by atoms with Crippen LogP contribution in [0.3, 0.4) is 0 Å². The third-order valence-corrected chi connectivity index (χ3v) is 7.94. The molecule has 0 aromatic heterocycles. The van der Waals surface area contributed by atoms with E-state index in [1.807, 2.05) is 6.92 Å². The van der Waals surface area contributed by atoms with Gasteiger partial charge < -0.3 is 21.5 Å². The molecule has 3 fully saturated rings. The Bertz CT molecular complexity index is 607. The summed E-state index contributed by atoms with van der Waals surface area (Å²) in [6.45, 7) is 3.51. The summed E-state index contributed by atoms with van der Waals surface area (Å²) in [5.41, 5.74) is 11.7. The molecule has 8 nitrogen and oxygen atoms in total. The van der Waals surface area contributed by atoms with Crippen LogP contribution in [0, 0.1) is 11.8 Å². The Labute approximate surface area is 157 Å². The van der Waals surface area contributed by atoms with Crippen molar-refractivity contribution in [2.45, 2.75) is 62.8 Å². The smallest absolute Gasteiger partial charge is 0.427 e. The molecule has 3 aliphatic rings. The van der Waals surface area contributed by atoms with Crippen LogP contribution in [0.2, 0.25) is 6.32 Å². The van der Waals surface area contributed by atoms with E-state index in [2.05, 4.69) is 0 Å². The first kappa shape index (κ1) is 20.5. The molecule has 0 aromatic carbocycles. The maximum Gasteiger partial charge on any atom is 0.451 e. The summed E-state index contributed by atoms with van der Waals surface area (Å²) in [4.78, 5) is 0. The van der Waals surface area contributed by atoms with Gasteiger partial charge in [-0.1, -0.05) is 6.42 Å². The lowest BCUT2D eigenvalue weighted by Crippen LogP contribution is -2.51. The van der Waals surface area contributed by atoms with E-state index in [1.165, 1.54) is 4.31 Å². The van der Waals surface area contributed by atoms with E-state index in [9.17, 15) is 8.42 Å². The Morgan fingerprint density at radius 1 is 1.27 bits per heavy atom. The Kier molecular flexibility index (Phi) is 5.76. The van der Waals surface area contributed by atoms with Crippen molar-refractivity contribution in [1.82, 2.24) is 8.61 Å². The van der Waals surface area contributed by atoms with E-state index in [-0.39, 0.29) is 17.8 Å². The van der Waals surface area contributed by atoms with Gasteiger partial charge in [-0.25, -0.2) is 0 Å².